The summed E-state index contributed by atoms with van der Waals surface area (Å²) >= 11 is 0. The summed E-state index contributed by atoms with van der Waals surface area (Å²) in [6.45, 7) is 2.08. The molecule has 5 N–H and O–H groups in total. The Morgan fingerprint density at radius 1 is 1.00 bits per heavy atom. The number of anilines is 2. The number of piperidine rings is 1. The number of rotatable bonds is 6. The Kier molecular flexibility index (Phi) is 6.78. The molecule has 1 unspecified atom stereocenters. The highest BCUT2D eigenvalue weighted by Crippen LogP contribution is 2.19. The maximum Gasteiger partial charge on any atom is 0.329 e. The van der Waals surface area contributed by atoms with Crippen molar-refractivity contribution in [2.45, 2.75) is 25.4 Å². The minimum atomic E-state index is -0.262. The third kappa shape index (κ3) is 5.12. The fraction of sp³-hybridized carbons (Fsp3) is 0.250. The van der Waals surface area contributed by atoms with Crippen LogP contribution in [-0.2, 0) is 13.6 Å². The second-order valence-corrected chi connectivity index (χ2v) is 9.39. The van der Waals surface area contributed by atoms with Gasteiger partial charge in [-0.3, -0.25) is 18.7 Å². The lowest BCUT2D eigenvalue weighted by Crippen LogP contribution is -2.45. The van der Waals surface area contributed by atoms with Crippen LogP contribution in [0.3, 0.4) is 0 Å². The van der Waals surface area contributed by atoms with Crippen LogP contribution in [0.1, 0.15) is 39.1 Å². The van der Waals surface area contributed by atoms with Crippen molar-refractivity contribution in [3.05, 3.63) is 93.9 Å². The SMILES string of the molecule is Cn1c(=O)n(Cc2ccc(C(=O)Nc3ccccc3N)cc2)c2ccc(C(=O)NC3CCCNC3)cc21. The number of para-hydroxylation sites is 2. The third-order valence-corrected chi connectivity index (χ3v) is 6.81. The largest absolute Gasteiger partial charge is 0.397 e. The van der Waals surface area contributed by atoms with Crippen LogP contribution in [0.4, 0.5) is 11.4 Å². The molecule has 1 atom stereocenters. The molecular weight excluding hydrogens is 468 g/mol. The monoisotopic (exact) mass is 498 g/mol. The van der Waals surface area contributed by atoms with E-state index in [1.54, 1.807) is 64.7 Å². The number of aromatic nitrogens is 2. The Morgan fingerprint density at radius 3 is 2.49 bits per heavy atom. The first-order valence-electron chi connectivity index (χ1n) is 12.4. The summed E-state index contributed by atoms with van der Waals surface area (Å²) in [5, 5.41) is 9.19. The lowest BCUT2D eigenvalue weighted by molar-refractivity contribution is 0.0930. The van der Waals surface area contributed by atoms with E-state index in [-0.39, 0.29) is 23.5 Å². The van der Waals surface area contributed by atoms with E-state index in [9.17, 15) is 14.4 Å². The number of aryl methyl sites for hydroxylation is 1. The van der Waals surface area contributed by atoms with Crippen LogP contribution in [0, 0.1) is 0 Å². The van der Waals surface area contributed by atoms with Crippen LogP contribution in [0.5, 0.6) is 0 Å². The van der Waals surface area contributed by atoms with Gasteiger partial charge >= 0.3 is 5.69 Å². The lowest BCUT2D eigenvalue weighted by atomic mass is 10.1. The number of fused-ring (bicyclic) bond motifs is 1. The van der Waals surface area contributed by atoms with Crippen LogP contribution in [-0.4, -0.2) is 40.1 Å². The van der Waals surface area contributed by atoms with E-state index in [1.165, 1.54) is 0 Å². The summed E-state index contributed by atoms with van der Waals surface area (Å²) < 4.78 is 3.22. The van der Waals surface area contributed by atoms with Gasteiger partial charge in [-0.1, -0.05) is 24.3 Å². The average molecular weight is 499 g/mol. The van der Waals surface area contributed by atoms with Gasteiger partial charge in [0.15, 0.2) is 0 Å². The van der Waals surface area contributed by atoms with Crippen molar-refractivity contribution in [3.8, 4) is 0 Å². The summed E-state index contributed by atoms with van der Waals surface area (Å²) in [5.74, 6) is -0.400. The molecule has 0 aliphatic carbocycles. The van der Waals surface area contributed by atoms with Gasteiger partial charge in [-0.15, -0.1) is 0 Å². The standard InChI is InChI=1S/C28H30N6O3/c1-33-25-15-20(27(36)31-21-5-4-14-30-16-21)12-13-24(25)34(28(33)37)17-18-8-10-19(11-9-18)26(35)32-23-7-3-2-6-22(23)29/h2-3,6-13,15,21,30H,4-5,14,16-17,29H2,1H3,(H,31,36)(H,32,35). The predicted octanol–water partition coefficient (Wildman–Crippen LogP) is 2.70. The molecule has 37 heavy (non-hydrogen) atoms. The number of imidazole rings is 1. The molecule has 5 rings (SSSR count). The van der Waals surface area contributed by atoms with Gasteiger partial charge in [-0.05, 0) is 67.4 Å². The maximum absolute atomic E-state index is 13.0. The number of nitrogens with one attached hydrogen (secondary N) is 3. The highest BCUT2D eigenvalue weighted by Gasteiger charge is 2.18. The number of nitrogens with two attached hydrogens (primary N) is 1. The quantitative estimate of drug-likeness (QED) is 0.305. The Hall–Kier alpha value is -4.37. The molecule has 9 heteroatoms. The minimum Gasteiger partial charge on any atom is -0.397 e. The van der Waals surface area contributed by atoms with Crippen molar-refractivity contribution in [2.75, 3.05) is 24.1 Å². The predicted molar refractivity (Wildman–Crippen MR) is 145 cm³/mol. The summed E-state index contributed by atoms with van der Waals surface area (Å²) in [6, 6.07) is 19.6. The van der Waals surface area contributed by atoms with E-state index in [0.29, 0.717) is 34.6 Å². The molecule has 1 fully saturated rings. The van der Waals surface area contributed by atoms with Gasteiger partial charge in [-0.2, -0.15) is 0 Å². The molecule has 0 bridgehead atoms. The van der Waals surface area contributed by atoms with E-state index in [4.69, 9.17) is 5.73 Å². The van der Waals surface area contributed by atoms with Gasteiger partial charge in [-0.25, -0.2) is 4.79 Å². The number of benzene rings is 3. The Bertz CT molecular complexity index is 1510. The molecule has 190 valence electrons. The summed E-state index contributed by atoms with van der Waals surface area (Å²) in [5.41, 5.74) is 10.1. The number of carbonyl (C=O) groups excluding carboxylic acids is 2. The van der Waals surface area contributed by atoms with E-state index < -0.39 is 0 Å². The average Bonchev–Trinajstić information content (AvgIpc) is 3.15. The van der Waals surface area contributed by atoms with Gasteiger partial charge in [0.1, 0.15) is 0 Å². The molecule has 3 aromatic carbocycles. The molecular formula is C28H30N6O3. The fourth-order valence-electron chi connectivity index (χ4n) is 4.69. The van der Waals surface area contributed by atoms with Gasteiger partial charge in [0, 0.05) is 30.8 Å². The topological polar surface area (TPSA) is 123 Å². The van der Waals surface area contributed by atoms with E-state index in [2.05, 4.69) is 16.0 Å². The van der Waals surface area contributed by atoms with Crippen LogP contribution < -0.4 is 27.4 Å². The molecule has 1 aliphatic rings. The normalized spacial score (nSPS) is 15.4. The molecule has 1 saturated heterocycles. The third-order valence-electron chi connectivity index (χ3n) is 6.81. The van der Waals surface area contributed by atoms with Crippen molar-refractivity contribution < 1.29 is 9.59 Å². The molecule has 4 aromatic rings. The van der Waals surface area contributed by atoms with Crippen LogP contribution in [0.15, 0.2) is 71.5 Å². The number of nitrogens with zero attached hydrogens (tertiary/aromatic N) is 2. The molecule has 0 spiro atoms. The van der Waals surface area contributed by atoms with E-state index >= 15 is 0 Å². The van der Waals surface area contributed by atoms with Crippen molar-refractivity contribution in [1.29, 1.82) is 0 Å². The number of carbonyl (C=O) groups is 2. The first-order valence-corrected chi connectivity index (χ1v) is 12.4. The molecule has 2 heterocycles. The highest BCUT2D eigenvalue weighted by atomic mass is 16.2. The first kappa shape index (κ1) is 24.3. The van der Waals surface area contributed by atoms with E-state index in [0.717, 1.165) is 37.0 Å². The Labute approximate surface area is 214 Å². The molecule has 1 aliphatic heterocycles. The minimum absolute atomic E-state index is 0.112. The number of nitrogen functional groups attached to an aromatic ring is 1. The molecule has 0 saturated carbocycles. The number of amides is 2. The number of hydrogen-bond donors (Lipinski definition) is 4. The van der Waals surface area contributed by atoms with Crippen LogP contribution in [0.25, 0.3) is 11.0 Å². The Morgan fingerprint density at radius 2 is 1.76 bits per heavy atom. The molecule has 2 amide bonds. The lowest BCUT2D eigenvalue weighted by Gasteiger charge is -2.23. The summed E-state index contributed by atoms with van der Waals surface area (Å²) in [4.78, 5) is 38.5. The van der Waals surface area contributed by atoms with Gasteiger partial charge < -0.3 is 21.7 Å². The second kappa shape index (κ2) is 10.3. The van der Waals surface area contributed by atoms with Gasteiger partial charge in [0.05, 0.1) is 29.0 Å². The van der Waals surface area contributed by atoms with Crippen LogP contribution >= 0.6 is 0 Å². The summed E-state index contributed by atoms with van der Waals surface area (Å²) in [6.07, 6.45) is 1.99. The second-order valence-electron chi connectivity index (χ2n) is 9.39. The summed E-state index contributed by atoms with van der Waals surface area (Å²) in [7, 11) is 1.70. The zero-order chi connectivity index (χ0) is 25.9. The highest BCUT2D eigenvalue weighted by molar-refractivity contribution is 6.05. The van der Waals surface area contributed by atoms with Crippen molar-refractivity contribution in [1.82, 2.24) is 19.8 Å². The molecule has 9 nitrogen and oxygen atoms in total. The van der Waals surface area contributed by atoms with Crippen molar-refractivity contribution in [3.63, 3.8) is 0 Å². The maximum atomic E-state index is 13.0. The Balaban J connectivity index is 1.33. The van der Waals surface area contributed by atoms with Gasteiger partial charge in [0.25, 0.3) is 11.8 Å². The van der Waals surface area contributed by atoms with Crippen molar-refractivity contribution >= 4 is 34.2 Å². The van der Waals surface area contributed by atoms with E-state index in [1.807, 2.05) is 18.2 Å². The smallest absolute Gasteiger partial charge is 0.329 e. The van der Waals surface area contributed by atoms with Crippen molar-refractivity contribution in [2.24, 2.45) is 7.05 Å². The first-order chi connectivity index (χ1) is 17.9. The zero-order valence-corrected chi connectivity index (χ0v) is 20.7. The molecule has 0 radical (unpaired) electrons. The molecule has 1 aromatic heterocycles. The van der Waals surface area contributed by atoms with Gasteiger partial charge in [0.2, 0.25) is 0 Å². The number of hydrogen-bond acceptors (Lipinski definition) is 5. The van der Waals surface area contributed by atoms with Crippen LogP contribution in [0.2, 0.25) is 0 Å². The fourth-order valence-corrected chi connectivity index (χ4v) is 4.69. The zero-order valence-electron chi connectivity index (χ0n) is 20.7.